The van der Waals surface area contributed by atoms with Crippen LogP contribution in [0.1, 0.15) is 23.8 Å². The van der Waals surface area contributed by atoms with Crippen LogP contribution in [0.3, 0.4) is 0 Å². The molecule has 1 atom stereocenters. The number of rotatable bonds is 3. The summed E-state index contributed by atoms with van der Waals surface area (Å²) in [5.74, 6) is -0.115. The molecule has 1 unspecified atom stereocenters. The Morgan fingerprint density at radius 2 is 2.12 bits per heavy atom. The predicted molar refractivity (Wildman–Crippen MR) is 104 cm³/mol. The van der Waals surface area contributed by atoms with Gasteiger partial charge in [-0.1, -0.05) is 12.1 Å². The molecule has 0 bridgehead atoms. The number of primary amides is 1. The van der Waals surface area contributed by atoms with E-state index in [1.165, 1.54) is 23.8 Å². The number of thiophene rings is 1. The second-order valence-corrected chi connectivity index (χ2v) is 8.31. The van der Waals surface area contributed by atoms with Gasteiger partial charge in [-0.05, 0) is 30.5 Å². The molecule has 4 rings (SSSR count). The third kappa shape index (κ3) is 3.17. The van der Waals surface area contributed by atoms with Crippen molar-refractivity contribution in [2.45, 2.75) is 32.3 Å². The van der Waals surface area contributed by atoms with Gasteiger partial charge in [-0.3, -0.25) is 4.79 Å². The normalized spacial score (nSPS) is 16.3. The Hall–Kier alpha value is -2.45. The lowest BCUT2D eigenvalue weighted by Crippen LogP contribution is -2.27. The van der Waals surface area contributed by atoms with Crippen LogP contribution in [0.5, 0.6) is 0 Å². The van der Waals surface area contributed by atoms with E-state index in [0.29, 0.717) is 12.8 Å². The molecular formula is C18H17N3O3S2. The Kier molecular flexibility index (Phi) is 4.37. The third-order valence-electron chi connectivity index (χ3n) is 4.30. The SMILES string of the molecule is CC(=O)Nc1sc2c(c1-c1nc3ccccc3s1)CCC(OC(N)=O)C2. The summed E-state index contributed by atoms with van der Waals surface area (Å²) in [6.07, 6.45) is 1.12. The molecule has 8 heteroatoms. The van der Waals surface area contributed by atoms with Gasteiger partial charge in [-0.2, -0.15) is 0 Å². The number of fused-ring (bicyclic) bond motifs is 2. The molecule has 0 fully saturated rings. The van der Waals surface area contributed by atoms with Crippen LogP contribution < -0.4 is 11.1 Å². The van der Waals surface area contributed by atoms with Gasteiger partial charge in [0.15, 0.2) is 0 Å². The molecule has 0 spiro atoms. The molecule has 1 aliphatic carbocycles. The summed E-state index contributed by atoms with van der Waals surface area (Å²) < 4.78 is 6.29. The molecule has 1 aliphatic rings. The van der Waals surface area contributed by atoms with Gasteiger partial charge < -0.3 is 15.8 Å². The lowest BCUT2D eigenvalue weighted by molar-refractivity contribution is -0.114. The topological polar surface area (TPSA) is 94.3 Å². The summed E-state index contributed by atoms with van der Waals surface area (Å²) >= 11 is 3.15. The molecule has 0 saturated carbocycles. The Morgan fingerprint density at radius 1 is 1.31 bits per heavy atom. The van der Waals surface area contributed by atoms with E-state index < -0.39 is 6.09 Å². The second-order valence-electron chi connectivity index (χ2n) is 6.18. The van der Waals surface area contributed by atoms with Crippen LogP contribution in [0.25, 0.3) is 20.8 Å². The zero-order valence-corrected chi connectivity index (χ0v) is 15.7. The van der Waals surface area contributed by atoms with Crippen molar-refractivity contribution in [3.05, 3.63) is 34.7 Å². The highest BCUT2D eigenvalue weighted by atomic mass is 32.1. The zero-order chi connectivity index (χ0) is 18.3. The molecule has 6 nitrogen and oxygen atoms in total. The van der Waals surface area contributed by atoms with Crippen LogP contribution in [-0.4, -0.2) is 23.1 Å². The van der Waals surface area contributed by atoms with E-state index >= 15 is 0 Å². The lowest BCUT2D eigenvalue weighted by Gasteiger charge is -2.21. The highest BCUT2D eigenvalue weighted by Gasteiger charge is 2.29. The first kappa shape index (κ1) is 17.0. The molecule has 26 heavy (non-hydrogen) atoms. The number of anilines is 1. The van der Waals surface area contributed by atoms with Gasteiger partial charge in [0.2, 0.25) is 5.91 Å². The molecule has 2 aromatic heterocycles. The maximum Gasteiger partial charge on any atom is 0.404 e. The minimum atomic E-state index is -0.747. The van der Waals surface area contributed by atoms with E-state index in [1.807, 2.05) is 24.3 Å². The van der Waals surface area contributed by atoms with Crippen LogP contribution in [0.2, 0.25) is 0 Å². The van der Waals surface area contributed by atoms with Crippen LogP contribution in [0.4, 0.5) is 9.80 Å². The number of carbonyl (C=O) groups is 2. The average molecular weight is 387 g/mol. The maximum absolute atomic E-state index is 11.7. The van der Waals surface area contributed by atoms with E-state index in [-0.39, 0.29) is 12.0 Å². The Balaban J connectivity index is 1.79. The maximum atomic E-state index is 11.7. The van der Waals surface area contributed by atoms with Crippen molar-refractivity contribution in [2.75, 3.05) is 5.32 Å². The van der Waals surface area contributed by atoms with Gasteiger partial charge in [0.25, 0.3) is 0 Å². The average Bonchev–Trinajstić information content (AvgIpc) is 3.13. The first-order valence-corrected chi connectivity index (χ1v) is 9.88. The van der Waals surface area contributed by atoms with Crippen molar-refractivity contribution >= 4 is 49.9 Å². The van der Waals surface area contributed by atoms with Crippen molar-refractivity contribution in [1.29, 1.82) is 0 Å². The predicted octanol–water partition coefficient (Wildman–Crippen LogP) is 3.94. The van der Waals surface area contributed by atoms with Gasteiger partial charge in [-0.15, -0.1) is 22.7 Å². The van der Waals surface area contributed by atoms with Gasteiger partial charge in [0.05, 0.1) is 10.2 Å². The van der Waals surface area contributed by atoms with Crippen molar-refractivity contribution in [3.63, 3.8) is 0 Å². The fourth-order valence-electron chi connectivity index (χ4n) is 3.27. The molecule has 0 saturated heterocycles. The highest BCUT2D eigenvalue weighted by molar-refractivity contribution is 7.22. The fourth-order valence-corrected chi connectivity index (χ4v) is 5.74. The number of nitrogens with one attached hydrogen (secondary N) is 1. The molecule has 2 amide bonds. The number of para-hydroxylation sites is 1. The van der Waals surface area contributed by atoms with Crippen LogP contribution in [-0.2, 0) is 22.4 Å². The number of amides is 2. The van der Waals surface area contributed by atoms with Crippen molar-refractivity contribution < 1.29 is 14.3 Å². The monoisotopic (exact) mass is 387 g/mol. The minimum absolute atomic E-state index is 0.115. The number of carbonyl (C=O) groups excluding carboxylic acids is 2. The van der Waals surface area contributed by atoms with E-state index in [4.69, 9.17) is 15.5 Å². The van der Waals surface area contributed by atoms with E-state index in [9.17, 15) is 9.59 Å². The Morgan fingerprint density at radius 3 is 2.85 bits per heavy atom. The Labute approximate surface area is 158 Å². The molecule has 3 N–H and O–H groups in total. The highest BCUT2D eigenvalue weighted by Crippen LogP contribution is 2.46. The van der Waals surface area contributed by atoms with Gasteiger partial charge >= 0.3 is 6.09 Å². The molecule has 1 aromatic carbocycles. The molecule has 0 aliphatic heterocycles. The van der Waals surface area contributed by atoms with Gasteiger partial charge in [-0.25, -0.2) is 9.78 Å². The lowest BCUT2D eigenvalue weighted by atomic mass is 9.93. The van der Waals surface area contributed by atoms with E-state index in [1.54, 1.807) is 11.3 Å². The molecule has 134 valence electrons. The number of ether oxygens (including phenoxy) is 1. The first-order valence-electron chi connectivity index (χ1n) is 8.25. The van der Waals surface area contributed by atoms with E-state index in [0.717, 1.165) is 37.1 Å². The molecule has 0 radical (unpaired) electrons. The summed E-state index contributed by atoms with van der Waals surface area (Å²) in [5, 5.41) is 4.65. The standard InChI is InChI=1S/C18H17N3O3S2/c1-9(22)20-16-15(17-21-12-4-2-3-5-13(12)25-17)11-7-6-10(24-18(19)23)8-14(11)26-16/h2-5,10H,6-8H2,1H3,(H2,19,23)(H,20,22). The Bertz CT molecular complexity index is 975. The summed E-state index contributed by atoms with van der Waals surface area (Å²) in [6.45, 7) is 1.50. The van der Waals surface area contributed by atoms with Crippen LogP contribution >= 0.6 is 22.7 Å². The summed E-state index contributed by atoms with van der Waals surface area (Å²) in [5.41, 5.74) is 8.29. The number of benzene rings is 1. The smallest absolute Gasteiger partial charge is 0.404 e. The zero-order valence-electron chi connectivity index (χ0n) is 14.1. The number of nitrogens with zero attached hydrogens (tertiary/aromatic N) is 1. The number of thiazole rings is 1. The van der Waals surface area contributed by atoms with Gasteiger partial charge in [0, 0.05) is 23.8 Å². The number of aromatic nitrogens is 1. The van der Waals surface area contributed by atoms with Crippen molar-refractivity contribution in [2.24, 2.45) is 5.73 Å². The number of nitrogens with two attached hydrogens (primary N) is 1. The second kappa shape index (κ2) is 6.69. The number of hydrogen-bond acceptors (Lipinski definition) is 6. The fraction of sp³-hybridized carbons (Fsp3) is 0.278. The minimum Gasteiger partial charge on any atom is -0.446 e. The summed E-state index contributed by atoms with van der Waals surface area (Å²) in [6, 6.07) is 8.00. The first-order chi connectivity index (χ1) is 12.5. The van der Waals surface area contributed by atoms with Crippen LogP contribution in [0, 0.1) is 0 Å². The largest absolute Gasteiger partial charge is 0.446 e. The quantitative estimate of drug-likeness (QED) is 0.712. The van der Waals surface area contributed by atoms with E-state index in [2.05, 4.69) is 5.32 Å². The van der Waals surface area contributed by atoms with Crippen molar-refractivity contribution in [3.8, 4) is 10.6 Å². The molecule has 3 aromatic rings. The molecular weight excluding hydrogens is 370 g/mol. The summed E-state index contributed by atoms with van der Waals surface area (Å²) in [4.78, 5) is 28.6. The van der Waals surface area contributed by atoms with Crippen LogP contribution in [0.15, 0.2) is 24.3 Å². The molecule has 2 heterocycles. The van der Waals surface area contributed by atoms with Gasteiger partial charge in [0.1, 0.15) is 16.1 Å². The third-order valence-corrected chi connectivity index (χ3v) is 6.52. The summed E-state index contributed by atoms with van der Waals surface area (Å²) in [7, 11) is 0. The number of hydrogen-bond donors (Lipinski definition) is 2. The van der Waals surface area contributed by atoms with Crippen molar-refractivity contribution in [1.82, 2.24) is 4.98 Å².